The highest BCUT2D eigenvalue weighted by Crippen LogP contribution is 2.23. The van der Waals surface area contributed by atoms with E-state index in [-0.39, 0.29) is 5.41 Å². The molecule has 1 rings (SSSR count). The Balaban J connectivity index is 3.21. The summed E-state index contributed by atoms with van der Waals surface area (Å²) in [5.41, 5.74) is 3.86. The van der Waals surface area contributed by atoms with Crippen LogP contribution < -0.4 is 0 Å². The van der Waals surface area contributed by atoms with Gasteiger partial charge in [0, 0.05) is 16.8 Å². The molecule has 0 aliphatic heterocycles. The van der Waals surface area contributed by atoms with Gasteiger partial charge in [0.25, 0.3) is 0 Å². The van der Waals surface area contributed by atoms with Crippen molar-refractivity contribution >= 4 is 0 Å². The van der Waals surface area contributed by atoms with Gasteiger partial charge in [0.05, 0.1) is 0 Å². The van der Waals surface area contributed by atoms with Gasteiger partial charge in [0.1, 0.15) is 0 Å². The molecule has 0 atom stereocenters. The number of hydrogen-bond acceptors (Lipinski definition) is 1. The molecule has 1 aromatic rings. The zero-order valence-corrected chi connectivity index (χ0v) is 10.2. The normalized spacial score (nSPS) is 12.2. The molecule has 0 spiro atoms. The van der Waals surface area contributed by atoms with E-state index in [0.29, 0.717) is 5.92 Å². The lowest BCUT2D eigenvalue weighted by molar-refractivity contribution is 0.562. The summed E-state index contributed by atoms with van der Waals surface area (Å²) < 4.78 is 0. The van der Waals surface area contributed by atoms with Gasteiger partial charge < -0.3 is 0 Å². The molecule has 0 bridgehead atoms. The number of hydrogen-bond donors (Lipinski definition) is 0. The molecule has 0 aromatic carbocycles. The van der Waals surface area contributed by atoms with Gasteiger partial charge in [-0.15, -0.1) is 0 Å². The van der Waals surface area contributed by atoms with Crippen LogP contribution in [0.25, 0.3) is 0 Å². The molecule has 0 saturated carbocycles. The SMILES string of the molecule is Cc1cc(C(C)C)nc(C(C)(C)C)c1. The van der Waals surface area contributed by atoms with Crippen molar-refractivity contribution in [1.82, 2.24) is 4.98 Å². The Kier molecular flexibility index (Phi) is 2.98. The lowest BCUT2D eigenvalue weighted by Gasteiger charge is -2.20. The Morgan fingerprint density at radius 2 is 1.71 bits per heavy atom. The van der Waals surface area contributed by atoms with E-state index in [0.717, 1.165) is 0 Å². The van der Waals surface area contributed by atoms with Crippen molar-refractivity contribution in [3.8, 4) is 0 Å². The van der Waals surface area contributed by atoms with E-state index >= 15 is 0 Å². The van der Waals surface area contributed by atoms with Crippen LogP contribution in [-0.2, 0) is 5.41 Å². The number of aryl methyl sites for hydroxylation is 1. The fourth-order valence-corrected chi connectivity index (χ4v) is 1.37. The molecule has 0 saturated heterocycles. The molecular formula is C13H21N. The van der Waals surface area contributed by atoms with Crippen molar-refractivity contribution in [3.63, 3.8) is 0 Å². The van der Waals surface area contributed by atoms with Crippen molar-refractivity contribution in [3.05, 3.63) is 29.1 Å². The average molecular weight is 191 g/mol. The molecule has 0 fully saturated rings. The van der Waals surface area contributed by atoms with Gasteiger partial charge in [0.2, 0.25) is 0 Å². The minimum Gasteiger partial charge on any atom is -0.257 e. The summed E-state index contributed by atoms with van der Waals surface area (Å²) in [5.74, 6) is 0.510. The highest BCUT2D eigenvalue weighted by Gasteiger charge is 2.16. The zero-order chi connectivity index (χ0) is 10.9. The monoisotopic (exact) mass is 191 g/mol. The van der Waals surface area contributed by atoms with Gasteiger partial charge in [-0.3, -0.25) is 4.98 Å². The molecular weight excluding hydrogens is 170 g/mol. The Morgan fingerprint density at radius 1 is 1.14 bits per heavy atom. The Bertz CT molecular complexity index is 318. The Hall–Kier alpha value is -0.850. The molecule has 0 amide bonds. The van der Waals surface area contributed by atoms with Gasteiger partial charge in [0.15, 0.2) is 0 Å². The van der Waals surface area contributed by atoms with Crippen LogP contribution in [0.4, 0.5) is 0 Å². The second kappa shape index (κ2) is 3.72. The molecule has 14 heavy (non-hydrogen) atoms. The van der Waals surface area contributed by atoms with Crippen molar-refractivity contribution < 1.29 is 0 Å². The van der Waals surface area contributed by atoms with E-state index < -0.39 is 0 Å². The maximum absolute atomic E-state index is 4.70. The summed E-state index contributed by atoms with van der Waals surface area (Å²) in [5, 5.41) is 0. The molecule has 0 N–H and O–H groups in total. The minimum absolute atomic E-state index is 0.148. The second-order valence-corrected chi connectivity index (χ2v) is 5.36. The first-order chi connectivity index (χ1) is 6.30. The van der Waals surface area contributed by atoms with Crippen LogP contribution in [0.1, 0.15) is 57.5 Å². The second-order valence-electron chi connectivity index (χ2n) is 5.36. The number of pyridine rings is 1. The van der Waals surface area contributed by atoms with Crippen molar-refractivity contribution in [2.75, 3.05) is 0 Å². The summed E-state index contributed by atoms with van der Waals surface area (Å²) in [6.45, 7) is 13.1. The highest BCUT2D eigenvalue weighted by atomic mass is 14.7. The van der Waals surface area contributed by atoms with Crippen LogP contribution in [-0.4, -0.2) is 4.98 Å². The van der Waals surface area contributed by atoms with Gasteiger partial charge >= 0.3 is 0 Å². The first-order valence-electron chi connectivity index (χ1n) is 5.30. The number of aromatic nitrogens is 1. The Labute approximate surface area is 87.6 Å². The molecule has 0 aliphatic carbocycles. The van der Waals surface area contributed by atoms with Crippen LogP contribution in [0, 0.1) is 6.92 Å². The average Bonchev–Trinajstić information content (AvgIpc) is 2.01. The van der Waals surface area contributed by atoms with Crippen molar-refractivity contribution in [2.45, 2.75) is 52.9 Å². The fraction of sp³-hybridized carbons (Fsp3) is 0.615. The predicted octanol–water partition coefficient (Wildman–Crippen LogP) is 3.81. The summed E-state index contributed by atoms with van der Waals surface area (Å²) in [7, 11) is 0. The van der Waals surface area contributed by atoms with Crippen molar-refractivity contribution in [2.24, 2.45) is 0 Å². The molecule has 78 valence electrons. The van der Waals surface area contributed by atoms with E-state index in [1.54, 1.807) is 0 Å². The summed E-state index contributed by atoms with van der Waals surface area (Å²) >= 11 is 0. The first kappa shape index (κ1) is 11.2. The maximum Gasteiger partial charge on any atom is 0.0463 e. The van der Waals surface area contributed by atoms with Gasteiger partial charge in [-0.2, -0.15) is 0 Å². The van der Waals surface area contributed by atoms with Crippen LogP contribution >= 0.6 is 0 Å². The summed E-state index contributed by atoms with van der Waals surface area (Å²) in [4.78, 5) is 4.70. The highest BCUT2D eigenvalue weighted by molar-refractivity contribution is 5.25. The molecule has 1 heterocycles. The standard InChI is InChI=1S/C13H21N/c1-9(2)11-7-10(3)8-12(14-11)13(4,5)6/h7-9H,1-6H3. The third-order valence-corrected chi connectivity index (χ3v) is 2.35. The zero-order valence-electron chi connectivity index (χ0n) is 10.2. The lowest BCUT2D eigenvalue weighted by Crippen LogP contribution is -2.15. The van der Waals surface area contributed by atoms with E-state index in [1.807, 2.05) is 0 Å². The number of nitrogens with zero attached hydrogens (tertiary/aromatic N) is 1. The van der Waals surface area contributed by atoms with Gasteiger partial charge in [-0.25, -0.2) is 0 Å². The third kappa shape index (κ3) is 2.57. The van der Waals surface area contributed by atoms with Crippen LogP contribution in [0.2, 0.25) is 0 Å². The molecule has 1 aromatic heterocycles. The van der Waals surface area contributed by atoms with Gasteiger partial charge in [-0.1, -0.05) is 34.6 Å². The van der Waals surface area contributed by atoms with Crippen molar-refractivity contribution in [1.29, 1.82) is 0 Å². The minimum atomic E-state index is 0.148. The summed E-state index contributed by atoms with van der Waals surface area (Å²) in [6.07, 6.45) is 0. The van der Waals surface area contributed by atoms with E-state index in [4.69, 9.17) is 4.98 Å². The number of rotatable bonds is 1. The predicted molar refractivity (Wildman–Crippen MR) is 61.8 cm³/mol. The maximum atomic E-state index is 4.70. The van der Waals surface area contributed by atoms with Crippen LogP contribution in [0.3, 0.4) is 0 Å². The topological polar surface area (TPSA) is 12.9 Å². The van der Waals surface area contributed by atoms with E-state index in [9.17, 15) is 0 Å². The molecule has 0 aliphatic rings. The van der Waals surface area contributed by atoms with Gasteiger partial charge in [-0.05, 0) is 30.5 Å². The fourth-order valence-electron chi connectivity index (χ4n) is 1.37. The van der Waals surface area contributed by atoms with E-state index in [1.165, 1.54) is 17.0 Å². The Morgan fingerprint density at radius 3 is 2.14 bits per heavy atom. The first-order valence-corrected chi connectivity index (χ1v) is 5.30. The van der Waals surface area contributed by atoms with Crippen LogP contribution in [0.15, 0.2) is 12.1 Å². The molecule has 0 unspecified atom stereocenters. The smallest absolute Gasteiger partial charge is 0.0463 e. The quantitative estimate of drug-likeness (QED) is 0.657. The molecule has 1 heteroatoms. The van der Waals surface area contributed by atoms with Crippen LogP contribution in [0.5, 0.6) is 0 Å². The van der Waals surface area contributed by atoms with E-state index in [2.05, 4.69) is 53.7 Å². The molecule has 0 radical (unpaired) electrons. The lowest BCUT2D eigenvalue weighted by atomic mass is 9.90. The largest absolute Gasteiger partial charge is 0.257 e. The third-order valence-electron chi connectivity index (χ3n) is 2.35. The summed E-state index contributed by atoms with van der Waals surface area (Å²) in [6, 6.07) is 4.37. The molecule has 1 nitrogen and oxygen atoms in total.